The van der Waals surface area contributed by atoms with E-state index in [1.165, 1.54) is 39.2 Å². The molecule has 2 nitrogen and oxygen atoms in total. The Hall–Kier alpha value is -2.09. The molecule has 0 aromatic heterocycles. The van der Waals surface area contributed by atoms with Gasteiger partial charge in [0.2, 0.25) is 0 Å². The minimum Gasteiger partial charge on any atom is -0.372 e. The number of allylic oxidation sites excluding steroid dienone is 6. The zero-order valence-electron chi connectivity index (χ0n) is 18.2. The third-order valence-corrected chi connectivity index (χ3v) is 6.40. The van der Waals surface area contributed by atoms with Crippen molar-refractivity contribution in [1.82, 2.24) is 0 Å². The fourth-order valence-corrected chi connectivity index (χ4v) is 4.50. The summed E-state index contributed by atoms with van der Waals surface area (Å²) in [6, 6.07) is 7.11. The van der Waals surface area contributed by atoms with E-state index in [4.69, 9.17) is 0 Å². The van der Waals surface area contributed by atoms with Crippen molar-refractivity contribution in [3.63, 3.8) is 0 Å². The first-order valence-electron chi connectivity index (χ1n) is 10.5. The molecule has 0 radical (unpaired) electrons. The van der Waals surface area contributed by atoms with Crippen LogP contribution in [0.3, 0.4) is 0 Å². The first-order chi connectivity index (χ1) is 12.9. The molecule has 144 valence electrons. The Morgan fingerprint density at radius 3 is 2.30 bits per heavy atom. The van der Waals surface area contributed by atoms with Gasteiger partial charge in [-0.2, -0.15) is 0 Å². The third-order valence-electron chi connectivity index (χ3n) is 6.40. The largest absolute Gasteiger partial charge is 0.372 e. The Bertz CT molecular complexity index is 858. The van der Waals surface area contributed by atoms with Crippen molar-refractivity contribution in [3.05, 3.63) is 58.7 Å². The van der Waals surface area contributed by atoms with Crippen LogP contribution in [0, 0.1) is 0 Å². The minimum atomic E-state index is -0.00289. The van der Waals surface area contributed by atoms with Gasteiger partial charge >= 0.3 is 0 Å². The average molecular weight is 364 g/mol. The van der Waals surface area contributed by atoms with Crippen LogP contribution in [0.25, 0.3) is 5.57 Å². The number of rotatable bonds is 5. The van der Waals surface area contributed by atoms with Crippen LogP contribution in [0.1, 0.15) is 59.1 Å². The SMILES string of the molecule is CCC1=C2C=CC(=[N+](C)CC)C=C2C(C)(C)c2cc(N(CC)CC)ccc21. The number of anilines is 1. The molecule has 2 aliphatic carbocycles. The number of benzene rings is 1. The number of hydrogen-bond donors (Lipinski definition) is 0. The fraction of sp³-hybridized carbons (Fsp3) is 0.480. The van der Waals surface area contributed by atoms with E-state index in [0.29, 0.717) is 0 Å². The molecule has 0 spiro atoms. The predicted molar refractivity (Wildman–Crippen MR) is 119 cm³/mol. The second-order valence-electron chi connectivity index (χ2n) is 8.10. The summed E-state index contributed by atoms with van der Waals surface area (Å²) >= 11 is 0. The molecule has 0 saturated carbocycles. The molecule has 1 aromatic carbocycles. The molecule has 2 aliphatic rings. The summed E-state index contributed by atoms with van der Waals surface area (Å²) in [6.07, 6.45) is 8.10. The van der Waals surface area contributed by atoms with Crippen LogP contribution in [-0.4, -0.2) is 37.0 Å². The van der Waals surface area contributed by atoms with Gasteiger partial charge in [-0.05, 0) is 73.2 Å². The van der Waals surface area contributed by atoms with Crippen LogP contribution in [0.15, 0.2) is 47.6 Å². The third kappa shape index (κ3) is 3.20. The van der Waals surface area contributed by atoms with Crippen molar-refractivity contribution in [2.45, 2.75) is 53.4 Å². The monoisotopic (exact) mass is 363 g/mol. The molecule has 0 amide bonds. The molecule has 0 N–H and O–H groups in total. The summed E-state index contributed by atoms with van der Waals surface area (Å²) in [4.78, 5) is 2.44. The van der Waals surface area contributed by atoms with E-state index in [-0.39, 0.29) is 5.41 Å². The first-order valence-corrected chi connectivity index (χ1v) is 10.5. The van der Waals surface area contributed by atoms with Gasteiger partial charge in [0.15, 0.2) is 5.71 Å². The molecule has 3 rings (SSSR count). The first kappa shape index (κ1) is 19.7. The van der Waals surface area contributed by atoms with Crippen LogP contribution >= 0.6 is 0 Å². The zero-order valence-corrected chi connectivity index (χ0v) is 18.2. The summed E-state index contributed by atoms with van der Waals surface area (Å²) in [5.74, 6) is 0. The number of fused-ring (bicyclic) bond motifs is 2. The van der Waals surface area contributed by atoms with Crippen molar-refractivity contribution in [2.75, 3.05) is 31.6 Å². The average Bonchev–Trinajstić information content (AvgIpc) is 2.69. The topological polar surface area (TPSA) is 6.25 Å². The number of hydrogen-bond acceptors (Lipinski definition) is 1. The maximum Gasteiger partial charge on any atom is 0.199 e. The highest BCUT2D eigenvalue weighted by Crippen LogP contribution is 2.49. The van der Waals surface area contributed by atoms with E-state index >= 15 is 0 Å². The maximum absolute atomic E-state index is 2.44. The lowest BCUT2D eigenvalue weighted by atomic mass is 9.65. The molecule has 0 bridgehead atoms. The van der Waals surface area contributed by atoms with Gasteiger partial charge in [0.1, 0.15) is 13.6 Å². The lowest BCUT2D eigenvalue weighted by Gasteiger charge is -2.39. The van der Waals surface area contributed by atoms with Crippen molar-refractivity contribution in [3.8, 4) is 0 Å². The lowest BCUT2D eigenvalue weighted by molar-refractivity contribution is -0.491. The Morgan fingerprint density at radius 2 is 1.70 bits per heavy atom. The molecule has 0 heterocycles. The molecule has 27 heavy (non-hydrogen) atoms. The van der Waals surface area contributed by atoms with Crippen molar-refractivity contribution < 1.29 is 4.58 Å². The molecule has 0 saturated heterocycles. The Kier molecular flexibility index (Phi) is 5.46. The highest BCUT2D eigenvalue weighted by molar-refractivity contribution is 6.05. The quantitative estimate of drug-likeness (QED) is 0.618. The maximum atomic E-state index is 2.44. The summed E-state index contributed by atoms with van der Waals surface area (Å²) in [7, 11) is 2.18. The fourth-order valence-electron chi connectivity index (χ4n) is 4.50. The van der Waals surface area contributed by atoms with E-state index in [1.807, 2.05) is 0 Å². The molecule has 1 aromatic rings. The van der Waals surface area contributed by atoms with Gasteiger partial charge in [-0.1, -0.05) is 26.8 Å². The van der Waals surface area contributed by atoms with Crippen molar-refractivity contribution in [1.29, 1.82) is 0 Å². The normalized spacial score (nSPS) is 19.4. The van der Waals surface area contributed by atoms with Crippen LogP contribution in [-0.2, 0) is 5.41 Å². The van der Waals surface area contributed by atoms with E-state index < -0.39 is 0 Å². The van der Waals surface area contributed by atoms with Crippen LogP contribution < -0.4 is 4.90 Å². The van der Waals surface area contributed by atoms with Gasteiger partial charge in [-0.3, -0.25) is 0 Å². The second-order valence-corrected chi connectivity index (χ2v) is 8.10. The van der Waals surface area contributed by atoms with E-state index in [0.717, 1.165) is 26.1 Å². The molecule has 2 heteroatoms. The molecular weight excluding hydrogens is 328 g/mol. The van der Waals surface area contributed by atoms with Gasteiger partial charge < -0.3 is 4.90 Å². The molecule has 0 unspecified atom stereocenters. The summed E-state index contributed by atoms with van der Waals surface area (Å²) in [5, 5.41) is 0. The van der Waals surface area contributed by atoms with E-state index in [2.05, 4.69) is 94.5 Å². The highest BCUT2D eigenvalue weighted by atomic mass is 15.1. The molecule has 0 fully saturated rings. The van der Waals surface area contributed by atoms with Crippen LogP contribution in [0.4, 0.5) is 5.69 Å². The minimum absolute atomic E-state index is 0.00289. The Balaban J connectivity index is 2.25. The smallest absolute Gasteiger partial charge is 0.199 e. The van der Waals surface area contributed by atoms with E-state index in [1.54, 1.807) is 0 Å². The van der Waals surface area contributed by atoms with Crippen LogP contribution in [0.2, 0.25) is 0 Å². The van der Waals surface area contributed by atoms with Gasteiger partial charge in [0, 0.05) is 36.3 Å². The highest BCUT2D eigenvalue weighted by Gasteiger charge is 2.37. The van der Waals surface area contributed by atoms with Gasteiger partial charge in [-0.15, -0.1) is 0 Å². The Labute approximate surface area is 165 Å². The lowest BCUT2D eigenvalue weighted by Crippen LogP contribution is -2.31. The van der Waals surface area contributed by atoms with Gasteiger partial charge in [-0.25, -0.2) is 4.58 Å². The molecule has 0 atom stereocenters. The summed E-state index contributed by atoms with van der Waals surface area (Å²) in [5.41, 5.74) is 9.92. The predicted octanol–water partition coefficient (Wildman–Crippen LogP) is 5.59. The summed E-state index contributed by atoms with van der Waals surface area (Å²) < 4.78 is 2.32. The van der Waals surface area contributed by atoms with Gasteiger partial charge in [0.05, 0.1) is 0 Å². The standard InChI is InChI=1S/C25H35N2/c1-8-20-21-14-12-18(26(7)9-2)16-23(21)25(5,6)24-17-19(13-15-22(20)24)27(10-3)11-4/h12-17H,8-11H2,1-7H3/q+1. The van der Waals surface area contributed by atoms with Crippen molar-refractivity contribution in [2.24, 2.45) is 0 Å². The zero-order chi connectivity index (χ0) is 19.8. The number of nitrogens with zero attached hydrogens (tertiary/aromatic N) is 2. The molecule has 0 aliphatic heterocycles. The van der Waals surface area contributed by atoms with Crippen LogP contribution in [0.5, 0.6) is 0 Å². The van der Waals surface area contributed by atoms with E-state index in [9.17, 15) is 0 Å². The van der Waals surface area contributed by atoms with Crippen molar-refractivity contribution >= 4 is 17.0 Å². The molecular formula is C25H35N2+. The summed E-state index contributed by atoms with van der Waals surface area (Å²) in [6.45, 7) is 16.8. The second kappa shape index (κ2) is 7.50. The Morgan fingerprint density at radius 1 is 1.00 bits per heavy atom. The van der Waals surface area contributed by atoms with Gasteiger partial charge in [0.25, 0.3) is 0 Å².